The van der Waals surface area contributed by atoms with E-state index in [0.717, 1.165) is 4.47 Å². The molecule has 0 atom stereocenters. The average molecular weight is 353 g/mol. The Morgan fingerprint density at radius 2 is 1.79 bits per heavy atom. The van der Waals surface area contributed by atoms with E-state index in [9.17, 15) is 13.2 Å². The van der Waals surface area contributed by atoms with E-state index in [1.807, 2.05) is 0 Å². The number of nitrogens with zero attached hydrogens (tertiary/aromatic N) is 2. The second-order valence-electron chi connectivity index (χ2n) is 3.53. The molecule has 19 heavy (non-hydrogen) atoms. The molecule has 0 bridgehead atoms. The molecule has 1 aromatic heterocycles. The van der Waals surface area contributed by atoms with Crippen molar-refractivity contribution in [3.05, 3.63) is 45.7 Å². The summed E-state index contributed by atoms with van der Waals surface area (Å²) in [6, 6.07) is 6.99. The van der Waals surface area contributed by atoms with Crippen LogP contribution in [0.2, 0.25) is 5.15 Å². The Morgan fingerprint density at radius 1 is 1.16 bits per heavy atom. The highest BCUT2D eigenvalue weighted by atomic mass is 79.9. The maximum atomic E-state index is 12.5. The van der Waals surface area contributed by atoms with Crippen LogP contribution in [-0.4, -0.2) is 9.97 Å². The van der Waals surface area contributed by atoms with Crippen LogP contribution in [0, 0.1) is 0 Å². The lowest BCUT2D eigenvalue weighted by Crippen LogP contribution is -2.09. The number of hydrogen-bond donors (Lipinski definition) is 1. The minimum Gasteiger partial charge on any atom is -0.324 e. The van der Waals surface area contributed by atoms with Gasteiger partial charge in [-0.3, -0.25) is 0 Å². The van der Waals surface area contributed by atoms with Gasteiger partial charge in [-0.2, -0.15) is 13.2 Å². The molecule has 0 saturated carbocycles. The summed E-state index contributed by atoms with van der Waals surface area (Å²) in [7, 11) is 0. The van der Waals surface area contributed by atoms with E-state index < -0.39 is 16.9 Å². The molecular weight excluding hydrogens is 346 g/mol. The quantitative estimate of drug-likeness (QED) is 0.799. The van der Waals surface area contributed by atoms with Gasteiger partial charge in [0.1, 0.15) is 10.7 Å². The van der Waals surface area contributed by atoms with Crippen LogP contribution in [0.25, 0.3) is 0 Å². The van der Waals surface area contributed by atoms with Gasteiger partial charge in [0.2, 0.25) is 5.95 Å². The van der Waals surface area contributed by atoms with Crippen molar-refractivity contribution >= 4 is 39.2 Å². The molecule has 0 unspecified atom stereocenters. The molecule has 0 radical (unpaired) electrons. The predicted molar refractivity (Wildman–Crippen MR) is 69.5 cm³/mol. The largest absolute Gasteiger partial charge is 0.420 e. The fourth-order valence-electron chi connectivity index (χ4n) is 1.27. The standard InChI is InChI=1S/C11H6BrClF3N3/c12-6-1-3-7(4-2-6)18-10-17-5-8(9(13)19-10)11(14,15)16/h1-5H,(H,17,18,19). The zero-order valence-corrected chi connectivity index (χ0v) is 11.5. The van der Waals surface area contributed by atoms with Crippen molar-refractivity contribution in [1.82, 2.24) is 9.97 Å². The number of benzene rings is 1. The van der Waals surface area contributed by atoms with Gasteiger partial charge in [0.05, 0.1) is 0 Å². The highest BCUT2D eigenvalue weighted by molar-refractivity contribution is 9.10. The molecule has 0 saturated heterocycles. The van der Waals surface area contributed by atoms with E-state index in [2.05, 4.69) is 31.2 Å². The molecule has 0 amide bonds. The lowest BCUT2D eigenvalue weighted by Gasteiger charge is -2.09. The maximum absolute atomic E-state index is 12.5. The van der Waals surface area contributed by atoms with Crippen molar-refractivity contribution < 1.29 is 13.2 Å². The first kappa shape index (κ1) is 14.1. The first-order valence-electron chi connectivity index (χ1n) is 4.98. The summed E-state index contributed by atoms with van der Waals surface area (Å²) in [6.07, 6.45) is -3.91. The molecule has 1 N–H and O–H groups in total. The van der Waals surface area contributed by atoms with Crippen LogP contribution in [0.3, 0.4) is 0 Å². The fourth-order valence-corrected chi connectivity index (χ4v) is 1.77. The van der Waals surface area contributed by atoms with Crippen LogP contribution in [0.15, 0.2) is 34.9 Å². The molecule has 100 valence electrons. The van der Waals surface area contributed by atoms with Gasteiger partial charge in [-0.05, 0) is 24.3 Å². The highest BCUT2D eigenvalue weighted by Crippen LogP contribution is 2.33. The van der Waals surface area contributed by atoms with Crippen molar-refractivity contribution in [1.29, 1.82) is 0 Å². The first-order chi connectivity index (χ1) is 8.86. The van der Waals surface area contributed by atoms with Gasteiger partial charge in [0.25, 0.3) is 0 Å². The van der Waals surface area contributed by atoms with E-state index in [1.54, 1.807) is 24.3 Å². The monoisotopic (exact) mass is 351 g/mol. The summed E-state index contributed by atoms with van der Waals surface area (Å²) >= 11 is 8.76. The Labute approximate surface area is 120 Å². The molecule has 0 spiro atoms. The van der Waals surface area contributed by atoms with Crippen LogP contribution in [0.1, 0.15) is 5.56 Å². The fraction of sp³-hybridized carbons (Fsp3) is 0.0909. The molecule has 2 rings (SSSR count). The SMILES string of the molecule is FC(F)(F)c1cnc(Nc2ccc(Br)cc2)nc1Cl. The molecule has 1 aromatic carbocycles. The summed E-state index contributed by atoms with van der Waals surface area (Å²) in [6.45, 7) is 0. The maximum Gasteiger partial charge on any atom is 0.420 e. The number of anilines is 2. The number of halogens is 5. The average Bonchev–Trinajstić information content (AvgIpc) is 2.30. The van der Waals surface area contributed by atoms with Crippen molar-refractivity contribution in [3.8, 4) is 0 Å². The molecule has 8 heteroatoms. The zero-order chi connectivity index (χ0) is 14.0. The van der Waals surface area contributed by atoms with Gasteiger partial charge in [0.15, 0.2) is 0 Å². The lowest BCUT2D eigenvalue weighted by molar-refractivity contribution is -0.137. The number of hydrogen-bond acceptors (Lipinski definition) is 3. The van der Waals surface area contributed by atoms with E-state index in [0.29, 0.717) is 11.9 Å². The van der Waals surface area contributed by atoms with Gasteiger partial charge in [-0.15, -0.1) is 0 Å². The summed E-state index contributed by atoms with van der Waals surface area (Å²) in [5.74, 6) is 0.000299. The van der Waals surface area contributed by atoms with Crippen molar-refractivity contribution in [2.75, 3.05) is 5.32 Å². The molecule has 0 aliphatic carbocycles. The van der Waals surface area contributed by atoms with Crippen molar-refractivity contribution in [3.63, 3.8) is 0 Å². The van der Waals surface area contributed by atoms with E-state index in [4.69, 9.17) is 11.6 Å². The van der Waals surface area contributed by atoms with Gasteiger partial charge in [0, 0.05) is 16.4 Å². The Kier molecular flexibility index (Phi) is 3.96. The number of aromatic nitrogens is 2. The summed E-state index contributed by atoms with van der Waals surface area (Å²) in [5, 5.41) is 2.12. The van der Waals surface area contributed by atoms with E-state index in [-0.39, 0.29) is 5.95 Å². The molecule has 1 heterocycles. The molecule has 3 nitrogen and oxygen atoms in total. The van der Waals surface area contributed by atoms with Crippen LogP contribution < -0.4 is 5.32 Å². The number of nitrogens with one attached hydrogen (secondary N) is 1. The second-order valence-corrected chi connectivity index (χ2v) is 4.80. The molecule has 0 aliphatic rings. The predicted octanol–water partition coefficient (Wildman–Crippen LogP) is 4.65. The van der Waals surface area contributed by atoms with E-state index in [1.165, 1.54) is 0 Å². The van der Waals surface area contributed by atoms with Crippen molar-refractivity contribution in [2.24, 2.45) is 0 Å². The molecule has 2 aromatic rings. The molecule has 0 fully saturated rings. The van der Waals surface area contributed by atoms with Crippen LogP contribution >= 0.6 is 27.5 Å². The minimum atomic E-state index is -4.56. The summed E-state index contributed by atoms with van der Waals surface area (Å²) < 4.78 is 38.3. The molecular formula is C11H6BrClF3N3. The Bertz CT molecular complexity index is 587. The van der Waals surface area contributed by atoms with Gasteiger partial charge < -0.3 is 5.32 Å². The van der Waals surface area contributed by atoms with Crippen LogP contribution in [-0.2, 0) is 6.18 Å². The molecule has 0 aliphatic heterocycles. The number of alkyl halides is 3. The Morgan fingerprint density at radius 3 is 2.32 bits per heavy atom. The Balaban J connectivity index is 2.23. The zero-order valence-electron chi connectivity index (χ0n) is 9.17. The lowest BCUT2D eigenvalue weighted by atomic mass is 10.3. The topological polar surface area (TPSA) is 37.8 Å². The van der Waals surface area contributed by atoms with Gasteiger partial charge in [-0.25, -0.2) is 9.97 Å². The van der Waals surface area contributed by atoms with Crippen molar-refractivity contribution in [2.45, 2.75) is 6.18 Å². The van der Waals surface area contributed by atoms with Gasteiger partial charge in [-0.1, -0.05) is 27.5 Å². The smallest absolute Gasteiger partial charge is 0.324 e. The second kappa shape index (κ2) is 5.34. The van der Waals surface area contributed by atoms with Crippen LogP contribution in [0.5, 0.6) is 0 Å². The Hall–Kier alpha value is -1.34. The van der Waals surface area contributed by atoms with Gasteiger partial charge >= 0.3 is 6.18 Å². The summed E-state index contributed by atoms with van der Waals surface area (Å²) in [5.41, 5.74) is -0.422. The van der Waals surface area contributed by atoms with Crippen LogP contribution in [0.4, 0.5) is 24.8 Å². The third-order valence-corrected chi connectivity index (χ3v) is 2.96. The first-order valence-corrected chi connectivity index (χ1v) is 6.15. The number of rotatable bonds is 2. The summed E-state index contributed by atoms with van der Waals surface area (Å²) in [4.78, 5) is 7.15. The third-order valence-electron chi connectivity index (χ3n) is 2.15. The van der Waals surface area contributed by atoms with E-state index >= 15 is 0 Å². The normalized spacial score (nSPS) is 11.4. The highest BCUT2D eigenvalue weighted by Gasteiger charge is 2.34. The third kappa shape index (κ3) is 3.57. The minimum absolute atomic E-state index is 0.000299.